The Balaban J connectivity index is 2.20. The molecule has 0 aliphatic rings. The summed E-state index contributed by atoms with van der Waals surface area (Å²) in [5, 5.41) is 14.8. The lowest BCUT2D eigenvalue weighted by molar-refractivity contribution is 0.166. The highest BCUT2D eigenvalue weighted by molar-refractivity contribution is 6.31. The second-order valence-corrected chi connectivity index (χ2v) is 4.14. The van der Waals surface area contributed by atoms with E-state index in [0.717, 1.165) is 5.69 Å². The highest BCUT2D eigenvalue weighted by Crippen LogP contribution is 2.24. The second kappa shape index (κ2) is 5.29. The molecule has 1 unspecified atom stereocenters. The van der Waals surface area contributed by atoms with Crippen LogP contribution in [0.2, 0.25) is 5.02 Å². The van der Waals surface area contributed by atoms with Crippen molar-refractivity contribution in [2.24, 2.45) is 0 Å². The van der Waals surface area contributed by atoms with Gasteiger partial charge >= 0.3 is 0 Å². The third-order valence-electron chi connectivity index (χ3n) is 2.58. The van der Waals surface area contributed by atoms with Gasteiger partial charge in [-0.05, 0) is 19.1 Å². The summed E-state index contributed by atoms with van der Waals surface area (Å²) in [6, 6.07) is 5.62. The van der Waals surface area contributed by atoms with Crippen molar-refractivity contribution in [1.82, 2.24) is 14.8 Å². The van der Waals surface area contributed by atoms with Gasteiger partial charge in [-0.25, -0.2) is 0 Å². The molecule has 0 amide bonds. The van der Waals surface area contributed by atoms with Gasteiger partial charge in [-0.3, -0.25) is 9.67 Å². The Morgan fingerprint density at radius 3 is 2.94 bits per heavy atom. The zero-order valence-corrected chi connectivity index (χ0v) is 10.3. The first-order valence-corrected chi connectivity index (χ1v) is 5.89. The molecule has 0 spiro atoms. The minimum Gasteiger partial charge on any atom is -0.386 e. The Kier molecular flexibility index (Phi) is 3.76. The number of hydrogen-bond donors (Lipinski definition) is 1. The van der Waals surface area contributed by atoms with Crippen LogP contribution in [-0.4, -0.2) is 19.9 Å². The van der Waals surface area contributed by atoms with Crippen LogP contribution in [0.15, 0.2) is 30.6 Å². The van der Waals surface area contributed by atoms with Crippen LogP contribution in [0, 0.1) is 0 Å². The van der Waals surface area contributed by atoms with Crippen molar-refractivity contribution < 1.29 is 5.11 Å². The van der Waals surface area contributed by atoms with Gasteiger partial charge < -0.3 is 5.11 Å². The van der Waals surface area contributed by atoms with E-state index in [9.17, 15) is 5.11 Å². The Morgan fingerprint density at radius 1 is 1.47 bits per heavy atom. The molecule has 0 aliphatic heterocycles. The predicted molar refractivity (Wildman–Crippen MR) is 65.8 cm³/mol. The van der Waals surface area contributed by atoms with Crippen LogP contribution in [0.5, 0.6) is 0 Å². The van der Waals surface area contributed by atoms with Crippen molar-refractivity contribution in [3.63, 3.8) is 0 Å². The summed E-state index contributed by atoms with van der Waals surface area (Å²) in [5.74, 6) is 0. The molecule has 1 N–H and O–H groups in total. The van der Waals surface area contributed by atoms with Crippen molar-refractivity contribution in [3.05, 3.63) is 47.0 Å². The third-order valence-corrected chi connectivity index (χ3v) is 2.87. The molecular weight excluding hydrogens is 238 g/mol. The molecule has 0 aromatic carbocycles. The van der Waals surface area contributed by atoms with Crippen LogP contribution >= 0.6 is 11.6 Å². The van der Waals surface area contributed by atoms with E-state index in [0.29, 0.717) is 23.7 Å². The van der Waals surface area contributed by atoms with Crippen molar-refractivity contribution >= 4 is 11.6 Å². The summed E-state index contributed by atoms with van der Waals surface area (Å²) < 4.78 is 1.70. The van der Waals surface area contributed by atoms with E-state index in [1.54, 1.807) is 17.1 Å². The van der Waals surface area contributed by atoms with Crippen molar-refractivity contribution in [2.75, 3.05) is 0 Å². The summed E-state index contributed by atoms with van der Waals surface area (Å²) >= 11 is 6.02. The highest BCUT2D eigenvalue weighted by atomic mass is 35.5. The third kappa shape index (κ3) is 2.65. The van der Waals surface area contributed by atoms with E-state index in [4.69, 9.17) is 11.6 Å². The highest BCUT2D eigenvalue weighted by Gasteiger charge is 2.18. The summed E-state index contributed by atoms with van der Waals surface area (Å²) in [4.78, 5) is 4.18. The van der Waals surface area contributed by atoms with Gasteiger partial charge in [-0.1, -0.05) is 17.7 Å². The van der Waals surface area contributed by atoms with E-state index < -0.39 is 6.10 Å². The SMILES string of the molecule is CCn1ncc(Cl)c1C(O)Cc1ccccn1. The van der Waals surface area contributed by atoms with Crippen LogP contribution in [0.1, 0.15) is 24.4 Å². The Bertz CT molecular complexity index is 484. The number of pyridine rings is 1. The number of aliphatic hydroxyl groups is 1. The number of hydrogen-bond acceptors (Lipinski definition) is 3. The molecular formula is C12H14ClN3O. The normalized spacial score (nSPS) is 12.6. The molecule has 17 heavy (non-hydrogen) atoms. The van der Waals surface area contributed by atoms with Crippen LogP contribution in [0.3, 0.4) is 0 Å². The topological polar surface area (TPSA) is 50.9 Å². The Morgan fingerprint density at radius 2 is 2.29 bits per heavy atom. The van der Waals surface area contributed by atoms with E-state index in [-0.39, 0.29) is 0 Å². The number of aliphatic hydroxyl groups excluding tert-OH is 1. The molecule has 2 aromatic heterocycles. The zero-order valence-electron chi connectivity index (χ0n) is 9.55. The first kappa shape index (κ1) is 12.1. The molecule has 0 bridgehead atoms. The van der Waals surface area contributed by atoms with Crippen LogP contribution < -0.4 is 0 Å². The van der Waals surface area contributed by atoms with E-state index >= 15 is 0 Å². The summed E-state index contributed by atoms with van der Waals surface area (Å²) in [7, 11) is 0. The minimum atomic E-state index is -0.681. The lowest BCUT2D eigenvalue weighted by Gasteiger charge is -2.12. The minimum absolute atomic E-state index is 0.437. The first-order chi connectivity index (χ1) is 8.22. The molecule has 90 valence electrons. The summed E-state index contributed by atoms with van der Waals surface area (Å²) in [6.45, 7) is 2.64. The maximum atomic E-state index is 10.2. The molecule has 1 atom stereocenters. The molecule has 2 aromatic rings. The van der Waals surface area contributed by atoms with Crippen LogP contribution in [0.25, 0.3) is 0 Å². The van der Waals surface area contributed by atoms with Gasteiger partial charge in [-0.15, -0.1) is 0 Å². The quantitative estimate of drug-likeness (QED) is 0.907. The number of aryl methyl sites for hydroxylation is 1. The van der Waals surface area contributed by atoms with Gasteiger partial charge in [0.2, 0.25) is 0 Å². The molecule has 0 aliphatic carbocycles. The molecule has 2 heterocycles. The zero-order chi connectivity index (χ0) is 12.3. The monoisotopic (exact) mass is 251 g/mol. The van der Waals surface area contributed by atoms with Crippen LogP contribution in [-0.2, 0) is 13.0 Å². The van der Waals surface area contributed by atoms with E-state index in [2.05, 4.69) is 10.1 Å². The maximum Gasteiger partial charge on any atom is 0.103 e. The van der Waals surface area contributed by atoms with E-state index in [1.165, 1.54) is 0 Å². The van der Waals surface area contributed by atoms with Gasteiger partial charge in [0.25, 0.3) is 0 Å². The van der Waals surface area contributed by atoms with Crippen LogP contribution in [0.4, 0.5) is 0 Å². The molecule has 0 radical (unpaired) electrons. The molecule has 2 rings (SSSR count). The summed E-state index contributed by atoms with van der Waals surface area (Å²) in [6.07, 6.45) is 3.02. The molecule has 0 saturated carbocycles. The summed E-state index contributed by atoms with van der Waals surface area (Å²) in [5.41, 5.74) is 1.49. The predicted octanol–water partition coefficient (Wildman–Crippen LogP) is 2.23. The number of halogens is 1. The second-order valence-electron chi connectivity index (χ2n) is 3.73. The van der Waals surface area contributed by atoms with Crippen molar-refractivity contribution in [2.45, 2.75) is 26.0 Å². The lowest BCUT2D eigenvalue weighted by Crippen LogP contribution is -2.11. The Labute approximate surface area is 105 Å². The average Bonchev–Trinajstić information content (AvgIpc) is 2.71. The van der Waals surface area contributed by atoms with Gasteiger partial charge in [0.15, 0.2) is 0 Å². The fourth-order valence-corrected chi connectivity index (χ4v) is 2.04. The van der Waals surface area contributed by atoms with Gasteiger partial charge in [0.1, 0.15) is 6.10 Å². The maximum absolute atomic E-state index is 10.2. The average molecular weight is 252 g/mol. The fourth-order valence-electron chi connectivity index (χ4n) is 1.77. The number of rotatable bonds is 4. The fraction of sp³-hybridized carbons (Fsp3) is 0.333. The number of aromatic nitrogens is 3. The molecule has 4 nitrogen and oxygen atoms in total. The van der Waals surface area contributed by atoms with Crippen molar-refractivity contribution in [1.29, 1.82) is 0 Å². The van der Waals surface area contributed by atoms with Gasteiger partial charge in [-0.2, -0.15) is 5.10 Å². The first-order valence-electron chi connectivity index (χ1n) is 5.51. The number of nitrogens with zero attached hydrogens (tertiary/aromatic N) is 3. The molecule has 0 saturated heterocycles. The van der Waals surface area contributed by atoms with E-state index in [1.807, 2.05) is 25.1 Å². The van der Waals surface area contributed by atoms with Gasteiger partial charge in [0, 0.05) is 24.9 Å². The van der Waals surface area contributed by atoms with Crippen molar-refractivity contribution in [3.8, 4) is 0 Å². The molecule has 0 fully saturated rings. The van der Waals surface area contributed by atoms with Gasteiger partial charge in [0.05, 0.1) is 16.9 Å². The molecule has 5 heteroatoms. The smallest absolute Gasteiger partial charge is 0.103 e. The standard InChI is InChI=1S/C12H14ClN3O/c1-2-16-12(10(13)8-15-16)11(17)7-9-5-3-4-6-14-9/h3-6,8,11,17H,2,7H2,1H3. The largest absolute Gasteiger partial charge is 0.386 e. The lowest BCUT2D eigenvalue weighted by atomic mass is 10.1. The Hall–Kier alpha value is -1.39.